The Morgan fingerprint density at radius 3 is 2.33 bits per heavy atom. The van der Waals surface area contributed by atoms with Crippen LogP contribution in [0, 0.1) is 5.82 Å². The Hall–Kier alpha value is -1.03. The van der Waals surface area contributed by atoms with Gasteiger partial charge in [-0.2, -0.15) is 8.78 Å². The molecule has 0 aliphatic heterocycles. The van der Waals surface area contributed by atoms with Crippen molar-refractivity contribution >= 4 is 0 Å². The molecule has 0 radical (unpaired) electrons. The van der Waals surface area contributed by atoms with Crippen molar-refractivity contribution in [2.75, 3.05) is 6.61 Å². The lowest BCUT2D eigenvalue weighted by molar-refractivity contribution is -0.0582. The van der Waals surface area contributed by atoms with Crippen LogP contribution in [0.5, 0.6) is 0 Å². The first-order valence-corrected chi connectivity index (χ1v) is 3.31. The summed E-state index contributed by atoms with van der Waals surface area (Å²) < 4.78 is 38.0. The molecular weight excluding hydrogens is 169 g/mol. The van der Waals surface area contributed by atoms with Crippen molar-refractivity contribution in [1.82, 2.24) is 0 Å². The van der Waals surface area contributed by atoms with Crippen molar-refractivity contribution in [3.63, 3.8) is 0 Å². The number of halogens is 3. The van der Waals surface area contributed by atoms with E-state index in [1.54, 1.807) is 0 Å². The summed E-state index contributed by atoms with van der Waals surface area (Å²) in [5.74, 6) is -4.50. The van der Waals surface area contributed by atoms with Crippen molar-refractivity contribution in [3.05, 3.63) is 35.6 Å². The third-order valence-electron chi connectivity index (χ3n) is 1.47. The highest BCUT2D eigenvalue weighted by atomic mass is 19.3. The highest BCUT2D eigenvalue weighted by molar-refractivity contribution is 5.22. The molecule has 0 amide bonds. The van der Waals surface area contributed by atoms with Gasteiger partial charge < -0.3 is 5.11 Å². The van der Waals surface area contributed by atoms with Crippen molar-refractivity contribution in [3.8, 4) is 0 Å². The molecule has 0 heterocycles. The molecular formula is C8H7F3O. The Balaban J connectivity index is 3.10. The van der Waals surface area contributed by atoms with Crippen LogP contribution in [-0.4, -0.2) is 11.7 Å². The lowest BCUT2D eigenvalue weighted by Gasteiger charge is -2.13. The number of hydrogen-bond acceptors (Lipinski definition) is 1. The molecule has 1 nitrogen and oxygen atoms in total. The zero-order valence-electron chi connectivity index (χ0n) is 6.10. The van der Waals surface area contributed by atoms with Gasteiger partial charge in [0.05, 0.1) is 5.56 Å². The fourth-order valence-corrected chi connectivity index (χ4v) is 0.843. The van der Waals surface area contributed by atoms with Gasteiger partial charge in [0.15, 0.2) is 0 Å². The average Bonchev–Trinajstić information content (AvgIpc) is 2.05. The van der Waals surface area contributed by atoms with E-state index >= 15 is 0 Å². The molecule has 0 aliphatic carbocycles. The van der Waals surface area contributed by atoms with Crippen LogP contribution in [-0.2, 0) is 5.92 Å². The molecule has 66 valence electrons. The minimum atomic E-state index is -3.49. The normalized spacial score (nSPS) is 11.7. The van der Waals surface area contributed by atoms with Crippen LogP contribution in [0.2, 0.25) is 0 Å². The van der Waals surface area contributed by atoms with Crippen LogP contribution >= 0.6 is 0 Å². The molecule has 0 spiro atoms. The highest BCUT2D eigenvalue weighted by Gasteiger charge is 2.33. The van der Waals surface area contributed by atoms with Crippen LogP contribution in [0.4, 0.5) is 13.2 Å². The van der Waals surface area contributed by atoms with E-state index in [9.17, 15) is 13.2 Å². The molecule has 0 aliphatic rings. The summed E-state index contributed by atoms with van der Waals surface area (Å²) >= 11 is 0. The van der Waals surface area contributed by atoms with Crippen LogP contribution in [0.3, 0.4) is 0 Å². The summed E-state index contributed by atoms with van der Waals surface area (Å²) in [6.45, 7) is -1.38. The summed E-state index contributed by atoms with van der Waals surface area (Å²) in [5, 5.41) is 8.26. The molecule has 0 saturated carbocycles. The van der Waals surface area contributed by atoms with Gasteiger partial charge in [0.25, 0.3) is 5.92 Å². The van der Waals surface area contributed by atoms with E-state index < -0.39 is 23.9 Å². The number of alkyl halides is 2. The zero-order chi connectivity index (χ0) is 9.19. The van der Waals surface area contributed by atoms with E-state index in [1.807, 2.05) is 0 Å². The van der Waals surface area contributed by atoms with Crippen LogP contribution < -0.4 is 0 Å². The van der Waals surface area contributed by atoms with Gasteiger partial charge in [-0.3, -0.25) is 0 Å². The Kier molecular flexibility index (Phi) is 2.38. The number of aliphatic hydroxyl groups excluding tert-OH is 1. The first kappa shape index (κ1) is 9.06. The maximum absolute atomic E-state index is 12.7. The van der Waals surface area contributed by atoms with Gasteiger partial charge in [-0.1, -0.05) is 12.1 Å². The second-order valence-corrected chi connectivity index (χ2v) is 2.34. The Labute approximate surface area is 67.5 Å². The van der Waals surface area contributed by atoms with E-state index in [1.165, 1.54) is 12.1 Å². The lowest BCUT2D eigenvalue weighted by atomic mass is 10.1. The number of rotatable bonds is 2. The molecule has 0 unspecified atom stereocenters. The highest BCUT2D eigenvalue weighted by Crippen LogP contribution is 2.28. The molecule has 0 atom stereocenters. The second kappa shape index (κ2) is 3.15. The largest absolute Gasteiger partial charge is 0.390 e. The molecule has 1 rings (SSSR count). The minimum Gasteiger partial charge on any atom is -0.390 e. The molecule has 1 aromatic carbocycles. The second-order valence-electron chi connectivity index (χ2n) is 2.34. The van der Waals surface area contributed by atoms with E-state index in [0.717, 1.165) is 12.1 Å². The van der Waals surface area contributed by atoms with E-state index in [-0.39, 0.29) is 0 Å². The quantitative estimate of drug-likeness (QED) is 0.729. The Morgan fingerprint density at radius 2 is 1.83 bits per heavy atom. The third-order valence-corrected chi connectivity index (χ3v) is 1.47. The predicted octanol–water partition coefficient (Wildman–Crippen LogP) is 1.91. The first-order valence-electron chi connectivity index (χ1n) is 3.31. The minimum absolute atomic E-state index is 0.771. The summed E-state index contributed by atoms with van der Waals surface area (Å²) in [4.78, 5) is 0. The van der Waals surface area contributed by atoms with Crippen LogP contribution in [0.25, 0.3) is 0 Å². The topological polar surface area (TPSA) is 20.2 Å². The van der Waals surface area contributed by atoms with Gasteiger partial charge in [0.2, 0.25) is 0 Å². The molecule has 12 heavy (non-hydrogen) atoms. The van der Waals surface area contributed by atoms with Gasteiger partial charge in [-0.15, -0.1) is 0 Å². The molecule has 0 saturated heterocycles. The van der Waals surface area contributed by atoms with Crippen molar-refractivity contribution < 1.29 is 18.3 Å². The SMILES string of the molecule is OCC(F)(F)c1ccccc1F. The molecule has 1 aromatic rings. The maximum Gasteiger partial charge on any atom is 0.298 e. The zero-order valence-corrected chi connectivity index (χ0v) is 6.10. The fourth-order valence-electron chi connectivity index (χ4n) is 0.843. The predicted molar refractivity (Wildman–Crippen MR) is 37.4 cm³/mol. The molecule has 4 heteroatoms. The number of aliphatic hydroxyl groups is 1. The lowest BCUT2D eigenvalue weighted by Crippen LogP contribution is -2.19. The average molecular weight is 176 g/mol. The van der Waals surface area contributed by atoms with E-state index in [0.29, 0.717) is 0 Å². The maximum atomic E-state index is 12.7. The molecule has 0 bridgehead atoms. The van der Waals surface area contributed by atoms with E-state index in [4.69, 9.17) is 5.11 Å². The van der Waals surface area contributed by atoms with E-state index in [2.05, 4.69) is 0 Å². The molecule has 1 N–H and O–H groups in total. The van der Waals surface area contributed by atoms with Crippen LogP contribution in [0.1, 0.15) is 5.56 Å². The van der Waals surface area contributed by atoms with Gasteiger partial charge >= 0.3 is 0 Å². The number of benzene rings is 1. The first-order chi connectivity index (χ1) is 5.58. The smallest absolute Gasteiger partial charge is 0.298 e. The van der Waals surface area contributed by atoms with Gasteiger partial charge in [-0.05, 0) is 12.1 Å². The van der Waals surface area contributed by atoms with Crippen LogP contribution in [0.15, 0.2) is 24.3 Å². The van der Waals surface area contributed by atoms with Crippen molar-refractivity contribution in [1.29, 1.82) is 0 Å². The standard InChI is InChI=1S/C8H7F3O/c9-7-4-2-1-3-6(7)8(10,11)5-12/h1-4,12H,5H2. The summed E-state index contributed by atoms with van der Waals surface area (Å²) in [6.07, 6.45) is 0. The summed E-state index contributed by atoms with van der Waals surface area (Å²) in [5.41, 5.74) is -0.771. The summed E-state index contributed by atoms with van der Waals surface area (Å²) in [6, 6.07) is 4.48. The van der Waals surface area contributed by atoms with Crippen molar-refractivity contribution in [2.24, 2.45) is 0 Å². The van der Waals surface area contributed by atoms with Crippen molar-refractivity contribution in [2.45, 2.75) is 5.92 Å². The third kappa shape index (κ3) is 1.58. The summed E-state index contributed by atoms with van der Waals surface area (Å²) in [7, 11) is 0. The molecule has 0 aromatic heterocycles. The Bertz CT molecular complexity index is 273. The monoisotopic (exact) mass is 176 g/mol. The Morgan fingerprint density at radius 1 is 1.25 bits per heavy atom. The fraction of sp³-hybridized carbons (Fsp3) is 0.250. The van der Waals surface area contributed by atoms with Gasteiger partial charge in [0.1, 0.15) is 12.4 Å². The number of hydrogen-bond donors (Lipinski definition) is 1. The molecule has 0 fully saturated rings. The van der Waals surface area contributed by atoms with Gasteiger partial charge in [-0.25, -0.2) is 4.39 Å². The van der Waals surface area contributed by atoms with Gasteiger partial charge in [0, 0.05) is 0 Å².